The molecule has 1 aromatic rings. The van der Waals surface area contributed by atoms with Gasteiger partial charge in [-0.2, -0.15) is 0 Å². The minimum atomic E-state index is 0.232. The van der Waals surface area contributed by atoms with Crippen molar-refractivity contribution in [1.82, 2.24) is 4.90 Å². The lowest BCUT2D eigenvalue weighted by Crippen LogP contribution is -2.42. The van der Waals surface area contributed by atoms with Gasteiger partial charge in [0.2, 0.25) is 0 Å². The number of rotatable bonds is 4. The summed E-state index contributed by atoms with van der Waals surface area (Å²) >= 11 is 3.51. The molecule has 0 heterocycles. The van der Waals surface area contributed by atoms with E-state index < -0.39 is 0 Å². The molecule has 0 saturated heterocycles. The Morgan fingerprint density at radius 2 is 1.86 bits per heavy atom. The molecule has 3 heteroatoms. The zero-order chi connectivity index (χ0) is 14.7. The van der Waals surface area contributed by atoms with Crippen molar-refractivity contribution in [3.63, 3.8) is 0 Å². The van der Waals surface area contributed by atoms with Crippen molar-refractivity contribution in [2.75, 3.05) is 11.9 Å². The molecule has 1 amide bonds. The van der Waals surface area contributed by atoms with Crippen LogP contribution in [0, 0.1) is 0 Å². The second-order valence-corrected chi connectivity index (χ2v) is 7.11. The van der Waals surface area contributed by atoms with Crippen LogP contribution in [-0.2, 0) is 12.8 Å². The third-order valence-electron chi connectivity index (χ3n) is 4.95. The summed E-state index contributed by atoms with van der Waals surface area (Å²) < 4.78 is 0. The van der Waals surface area contributed by atoms with Gasteiger partial charge in [0.05, 0.1) is 0 Å². The van der Waals surface area contributed by atoms with Gasteiger partial charge in [0, 0.05) is 23.5 Å². The molecule has 0 spiro atoms. The lowest BCUT2D eigenvalue weighted by atomic mass is 9.93. The number of hydrogen-bond donors (Lipinski definition) is 0. The molecule has 3 rings (SSSR count). The molecule has 1 saturated carbocycles. The van der Waals surface area contributed by atoms with Gasteiger partial charge in [-0.15, -0.1) is 0 Å². The van der Waals surface area contributed by atoms with Crippen molar-refractivity contribution in [3.8, 4) is 0 Å². The molecule has 0 aromatic heterocycles. The highest BCUT2D eigenvalue weighted by Gasteiger charge is 2.26. The van der Waals surface area contributed by atoms with Gasteiger partial charge < -0.3 is 4.90 Å². The van der Waals surface area contributed by atoms with E-state index in [0.29, 0.717) is 6.04 Å². The Kier molecular flexibility index (Phi) is 4.99. The van der Waals surface area contributed by atoms with Crippen molar-refractivity contribution in [2.24, 2.45) is 0 Å². The SMILES string of the molecule is O=C(c1ccc2c(c1)CCC2)N(CCBr)C1CCCCC1. The van der Waals surface area contributed by atoms with E-state index in [4.69, 9.17) is 0 Å². The minimum absolute atomic E-state index is 0.232. The molecule has 2 nitrogen and oxygen atoms in total. The number of carbonyl (C=O) groups is 1. The number of halogens is 1. The highest BCUT2D eigenvalue weighted by Crippen LogP contribution is 2.27. The number of fused-ring (bicyclic) bond motifs is 1. The van der Waals surface area contributed by atoms with Crippen LogP contribution in [0.15, 0.2) is 18.2 Å². The molecule has 0 bridgehead atoms. The Labute approximate surface area is 136 Å². The van der Waals surface area contributed by atoms with Crippen molar-refractivity contribution in [1.29, 1.82) is 0 Å². The largest absolute Gasteiger partial charge is 0.335 e. The summed E-state index contributed by atoms with van der Waals surface area (Å²) in [6.45, 7) is 0.820. The molecule has 0 aliphatic heterocycles. The van der Waals surface area contributed by atoms with E-state index in [1.807, 2.05) is 6.07 Å². The summed E-state index contributed by atoms with van der Waals surface area (Å²) in [5.74, 6) is 0.232. The van der Waals surface area contributed by atoms with Crippen LogP contribution in [-0.4, -0.2) is 28.7 Å². The number of aryl methyl sites for hydroxylation is 2. The first-order valence-electron chi connectivity index (χ1n) is 8.28. The molecule has 2 aliphatic carbocycles. The topological polar surface area (TPSA) is 20.3 Å². The third kappa shape index (κ3) is 3.33. The molecule has 114 valence electrons. The van der Waals surface area contributed by atoms with Gasteiger partial charge in [0.15, 0.2) is 0 Å². The van der Waals surface area contributed by atoms with E-state index in [-0.39, 0.29) is 5.91 Å². The fraction of sp³-hybridized carbons (Fsp3) is 0.611. The number of benzene rings is 1. The molecule has 0 atom stereocenters. The third-order valence-corrected chi connectivity index (χ3v) is 5.30. The number of nitrogens with zero attached hydrogens (tertiary/aromatic N) is 1. The lowest BCUT2D eigenvalue weighted by molar-refractivity contribution is 0.0651. The first-order valence-corrected chi connectivity index (χ1v) is 9.40. The van der Waals surface area contributed by atoms with E-state index in [1.54, 1.807) is 0 Å². The molecular weight excluding hydrogens is 326 g/mol. The average molecular weight is 350 g/mol. The normalized spacial score (nSPS) is 18.5. The van der Waals surface area contributed by atoms with Crippen LogP contribution in [0.4, 0.5) is 0 Å². The zero-order valence-electron chi connectivity index (χ0n) is 12.6. The summed E-state index contributed by atoms with van der Waals surface area (Å²) in [6.07, 6.45) is 9.75. The monoisotopic (exact) mass is 349 g/mol. The molecular formula is C18H24BrNO. The minimum Gasteiger partial charge on any atom is -0.335 e. The molecule has 1 aromatic carbocycles. The summed E-state index contributed by atoms with van der Waals surface area (Å²) in [6, 6.07) is 6.80. The fourth-order valence-electron chi connectivity index (χ4n) is 3.80. The maximum atomic E-state index is 12.9. The maximum Gasteiger partial charge on any atom is 0.254 e. The molecule has 1 fully saturated rings. The second-order valence-electron chi connectivity index (χ2n) is 6.32. The van der Waals surface area contributed by atoms with Gasteiger partial charge in [0.1, 0.15) is 0 Å². The summed E-state index contributed by atoms with van der Waals surface area (Å²) in [4.78, 5) is 15.1. The van der Waals surface area contributed by atoms with E-state index in [2.05, 4.69) is 33.0 Å². The standard InChI is InChI=1S/C18H24BrNO/c19-11-12-20(17-7-2-1-3-8-17)18(21)16-10-9-14-5-4-6-15(14)13-16/h9-10,13,17H,1-8,11-12H2. The van der Waals surface area contributed by atoms with Gasteiger partial charge >= 0.3 is 0 Å². The lowest BCUT2D eigenvalue weighted by Gasteiger charge is -2.34. The fourth-order valence-corrected chi connectivity index (χ4v) is 4.19. The predicted octanol–water partition coefficient (Wildman–Crippen LogP) is 4.35. The van der Waals surface area contributed by atoms with Gasteiger partial charge in [0.25, 0.3) is 5.91 Å². The van der Waals surface area contributed by atoms with Crippen molar-refractivity contribution < 1.29 is 4.79 Å². The van der Waals surface area contributed by atoms with Crippen LogP contribution >= 0.6 is 15.9 Å². The van der Waals surface area contributed by atoms with Crippen LogP contribution in [0.3, 0.4) is 0 Å². The Bertz CT molecular complexity index is 508. The van der Waals surface area contributed by atoms with Crippen LogP contribution < -0.4 is 0 Å². The van der Waals surface area contributed by atoms with Crippen LogP contribution in [0.1, 0.15) is 60.0 Å². The highest BCUT2D eigenvalue weighted by atomic mass is 79.9. The summed E-state index contributed by atoms with van der Waals surface area (Å²) in [7, 11) is 0. The van der Waals surface area contributed by atoms with Crippen molar-refractivity contribution in [3.05, 3.63) is 34.9 Å². The van der Waals surface area contributed by atoms with Crippen LogP contribution in [0.2, 0.25) is 0 Å². The highest BCUT2D eigenvalue weighted by molar-refractivity contribution is 9.09. The number of alkyl halides is 1. The smallest absolute Gasteiger partial charge is 0.254 e. The quantitative estimate of drug-likeness (QED) is 0.740. The second kappa shape index (κ2) is 6.95. The van der Waals surface area contributed by atoms with Crippen LogP contribution in [0.25, 0.3) is 0 Å². The predicted molar refractivity (Wildman–Crippen MR) is 90.2 cm³/mol. The van der Waals surface area contributed by atoms with Crippen molar-refractivity contribution >= 4 is 21.8 Å². The van der Waals surface area contributed by atoms with Gasteiger partial charge in [-0.1, -0.05) is 41.3 Å². The molecule has 0 unspecified atom stereocenters. The van der Waals surface area contributed by atoms with E-state index in [0.717, 1.165) is 23.9 Å². The maximum absolute atomic E-state index is 12.9. The summed E-state index contributed by atoms with van der Waals surface area (Å²) in [5, 5.41) is 0.861. The molecule has 0 radical (unpaired) electrons. The van der Waals surface area contributed by atoms with Crippen LogP contribution in [0.5, 0.6) is 0 Å². The Morgan fingerprint density at radius 3 is 2.62 bits per heavy atom. The van der Waals surface area contributed by atoms with Gasteiger partial charge in [-0.25, -0.2) is 0 Å². The zero-order valence-corrected chi connectivity index (χ0v) is 14.2. The molecule has 2 aliphatic rings. The van der Waals surface area contributed by atoms with Gasteiger partial charge in [-0.05, 0) is 55.4 Å². The average Bonchev–Trinajstić information content (AvgIpc) is 3.00. The van der Waals surface area contributed by atoms with E-state index in [9.17, 15) is 4.79 Å². The Balaban J connectivity index is 1.79. The van der Waals surface area contributed by atoms with E-state index in [1.165, 1.54) is 56.1 Å². The first kappa shape index (κ1) is 15.1. The van der Waals surface area contributed by atoms with Gasteiger partial charge in [-0.3, -0.25) is 4.79 Å². The molecule has 21 heavy (non-hydrogen) atoms. The number of carbonyl (C=O) groups excluding carboxylic acids is 1. The van der Waals surface area contributed by atoms with Crippen molar-refractivity contribution in [2.45, 2.75) is 57.4 Å². The number of amides is 1. The Hall–Kier alpha value is -0.830. The molecule has 0 N–H and O–H groups in total. The number of hydrogen-bond acceptors (Lipinski definition) is 1. The van der Waals surface area contributed by atoms with E-state index >= 15 is 0 Å². The Morgan fingerprint density at radius 1 is 1.10 bits per heavy atom. The summed E-state index contributed by atoms with van der Waals surface area (Å²) in [5.41, 5.74) is 3.72. The first-order chi connectivity index (χ1) is 10.3.